The second-order valence-corrected chi connectivity index (χ2v) is 5.31. The maximum atomic E-state index is 10.5. The summed E-state index contributed by atoms with van der Waals surface area (Å²) in [5.74, 6) is 0. The van der Waals surface area contributed by atoms with E-state index in [-0.39, 0.29) is 6.61 Å². The van der Waals surface area contributed by atoms with Gasteiger partial charge in [0.1, 0.15) is 0 Å². The van der Waals surface area contributed by atoms with Gasteiger partial charge in [0.15, 0.2) is 0 Å². The molecule has 0 saturated heterocycles. The SMILES string of the molecule is COCC(O)(CCCN)Cc1cc(Cl)ccc1Cl. The maximum Gasteiger partial charge on any atom is 0.0921 e. The molecule has 3 N–H and O–H groups in total. The molecular formula is C13H19Cl2NO2. The Bertz CT molecular complexity index is 387. The zero-order chi connectivity index (χ0) is 13.6. The largest absolute Gasteiger partial charge is 0.387 e. The summed E-state index contributed by atoms with van der Waals surface area (Å²) >= 11 is 12.0. The van der Waals surface area contributed by atoms with Crippen LogP contribution >= 0.6 is 23.2 Å². The molecule has 5 heteroatoms. The summed E-state index contributed by atoms with van der Waals surface area (Å²) < 4.78 is 5.08. The third-order valence-corrected chi connectivity index (χ3v) is 3.39. The third kappa shape index (κ3) is 4.75. The van der Waals surface area contributed by atoms with Crippen molar-refractivity contribution in [2.24, 2.45) is 5.73 Å². The first-order valence-electron chi connectivity index (χ1n) is 5.86. The van der Waals surface area contributed by atoms with Gasteiger partial charge in [-0.2, -0.15) is 0 Å². The lowest BCUT2D eigenvalue weighted by molar-refractivity contribution is -0.0375. The standard InChI is InChI=1S/C13H19Cl2NO2/c1-18-9-13(17,5-2-6-16)8-10-7-11(14)3-4-12(10)15/h3-4,7,17H,2,5-6,8-9,16H2,1H3. The van der Waals surface area contributed by atoms with Crippen molar-refractivity contribution in [3.8, 4) is 0 Å². The molecule has 0 aliphatic carbocycles. The van der Waals surface area contributed by atoms with Gasteiger partial charge in [-0.15, -0.1) is 0 Å². The van der Waals surface area contributed by atoms with Gasteiger partial charge in [-0.1, -0.05) is 23.2 Å². The lowest BCUT2D eigenvalue weighted by Gasteiger charge is -2.28. The maximum absolute atomic E-state index is 10.5. The lowest BCUT2D eigenvalue weighted by Crippen LogP contribution is -2.37. The van der Waals surface area contributed by atoms with Gasteiger partial charge in [-0.3, -0.25) is 0 Å². The van der Waals surface area contributed by atoms with E-state index in [0.717, 1.165) is 12.0 Å². The highest BCUT2D eigenvalue weighted by atomic mass is 35.5. The van der Waals surface area contributed by atoms with Gasteiger partial charge in [0, 0.05) is 23.6 Å². The van der Waals surface area contributed by atoms with Gasteiger partial charge in [0.2, 0.25) is 0 Å². The molecule has 0 bridgehead atoms. The van der Waals surface area contributed by atoms with E-state index < -0.39 is 5.60 Å². The first kappa shape index (κ1) is 15.7. The number of aliphatic hydroxyl groups is 1. The molecule has 1 rings (SSSR count). The van der Waals surface area contributed by atoms with E-state index in [9.17, 15) is 5.11 Å². The Morgan fingerprint density at radius 1 is 1.39 bits per heavy atom. The van der Waals surface area contributed by atoms with Crippen LogP contribution < -0.4 is 5.73 Å². The molecule has 0 saturated carbocycles. The molecule has 1 atom stereocenters. The fourth-order valence-electron chi connectivity index (χ4n) is 1.94. The highest BCUT2D eigenvalue weighted by molar-refractivity contribution is 6.33. The van der Waals surface area contributed by atoms with Crippen molar-refractivity contribution in [1.82, 2.24) is 0 Å². The lowest BCUT2D eigenvalue weighted by atomic mass is 9.90. The summed E-state index contributed by atoms with van der Waals surface area (Å²) in [5, 5.41) is 11.7. The summed E-state index contributed by atoms with van der Waals surface area (Å²) in [6.07, 6.45) is 1.71. The second kappa shape index (κ2) is 7.31. The molecule has 3 nitrogen and oxygen atoms in total. The van der Waals surface area contributed by atoms with Crippen LogP contribution in [0.2, 0.25) is 10.0 Å². The van der Waals surface area contributed by atoms with Crippen molar-refractivity contribution < 1.29 is 9.84 Å². The Kier molecular flexibility index (Phi) is 6.39. The fraction of sp³-hybridized carbons (Fsp3) is 0.538. The van der Waals surface area contributed by atoms with E-state index >= 15 is 0 Å². The third-order valence-electron chi connectivity index (χ3n) is 2.79. The normalized spacial score (nSPS) is 14.5. The minimum absolute atomic E-state index is 0.246. The summed E-state index contributed by atoms with van der Waals surface area (Å²) in [6.45, 7) is 0.783. The van der Waals surface area contributed by atoms with Crippen molar-refractivity contribution in [3.63, 3.8) is 0 Å². The van der Waals surface area contributed by atoms with Crippen molar-refractivity contribution in [2.45, 2.75) is 24.9 Å². The number of ether oxygens (including phenoxy) is 1. The summed E-state index contributed by atoms with van der Waals surface area (Å²) in [6, 6.07) is 5.23. The first-order valence-corrected chi connectivity index (χ1v) is 6.61. The van der Waals surface area contributed by atoms with Crippen molar-refractivity contribution in [2.75, 3.05) is 20.3 Å². The molecule has 1 unspecified atom stereocenters. The number of benzene rings is 1. The Balaban J connectivity index is 2.84. The molecule has 1 aromatic carbocycles. The second-order valence-electron chi connectivity index (χ2n) is 4.46. The van der Waals surface area contributed by atoms with Crippen LogP contribution in [0.25, 0.3) is 0 Å². The highest BCUT2D eigenvalue weighted by Gasteiger charge is 2.27. The van der Waals surface area contributed by atoms with E-state index in [4.69, 9.17) is 33.7 Å². The van der Waals surface area contributed by atoms with Gasteiger partial charge in [0.05, 0.1) is 12.2 Å². The molecule has 0 heterocycles. The van der Waals surface area contributed by atoms with Crippen LogP contribution in [0.5, 0.6) is 0 Å². The average molecular weight is 292 g/mol. The van der Waals surface area contributed by atoms with E-state index in [1.165, 1.54) is 0 Å². The van der Waals surface area contributed by atoms with Crippen LogP contribution in [0.4, 0.5) is 0 Å². The smallest absolute Gasteiger partial charge is 0.0921 e. The molecular weight excluding hydrogens is 273 g/mol. The summed E-state index contributed by atoms with van der Waals surface area (Å²) in [5.41, 5.74) is 5.34. The molecule has 0 aliphatic rings. The van der Waals surface area contributed by atoms with Crippen LogP contribution in [0, 0.1) is 0 Å². The first-order chi connectivity index (χ1) is 8.50. The fourth-order valence-corrected chi connectivity index (χ4v) is 2.32. The zero-order valence-electron chi connectivity index (χ0n) is 10.5. The summed E-state index contributed by atoms with van der Waals surface area (Å²) in [4.78, 5) is 0. The quantitative estimate of drug-likeness (QED) is 0.812. The minimum atomic E-state index is -0.956. The Morgan fingerprint density at radius 2 is 2.11 bits per heavy atom. The molecule has 0 fully saturated rings. The molecule has 18 heavy (non-hydrogen) atoms. The number of halogens is 2. The van der Waals surface area contributed by atoms with E-state index in [1.54, 1.807) is 25.3 Å². The summed E-state index contributed by atoms with van der Waals surface area (Å²) in [7, 11) is 1.56. The van der Waals surface area contributed by atoms with Gasteiger partial charge >= 0.3 is 0 Å². The molecule has 1 aromatic rings. The monoisotopic (exact) mass is 291 g/mol. The molecule has 0 amide bonds. The van der Waals surface area contributed by atoms with Gasteiger partial charge in [-0.25, -0.2) is 0 Å². The molecule has 0 aromatic heterocycles. The predicted octanol–water partition coefficient (Wildman–Crippen LogP) is 2.65. The number of nitrogens with two attached hydrogens (primary N) is 1. The molecule has 0 aliphatic heterocycles. The van der Waals surface area contributed by atoms with Crippen LogP contribution in [0.3, 0.4) is 0 Å². The molecule has 0 spiro atoms. The predicted molar refractivity (Wildman–Crippen MR) is 75.3 cm³/mol. The van der Waals surface area contributed by atoms with Gasteiger partial charge in [0.25, 0.3) is 0 Å². The minimum Gasteiger partial charge on any atom is -0.387 e. The molecule has 102 valence electrons. The van der Waals surface area contributed by atoms with Crippen LogP contribution in [-0.2, 0) is 11.2 Å². The van der Waals surface area contributed by atoms with Crippen LogP contribution in [0.15, 0.2) is 18.2 Å². The molecule has 0 radical (unpaired) electrons. The van der Waals surface area contributed by atoms with E-state index in [0.29, 0.717) is 29.4 Å². The van der Waals surface area contributed by atoms with E-state index in [2.05, 4.69) is 0 Å². The zero-order valence-corrected chi connectivity index (χ0v) is 12.0. The van der Waals surface area contributed by atoms with Crippen LogP contribution in [-0.4, -0.2) is 31.0 Å². The Hall–Kier alpha value is -0.320. The number of methoxy groups -OCH3 is 1. The number of rotatable bonds is 7. The number of hydrogen-bond donors (Lipinski definition) is 2. The van der Waals surface area contributed by atoms with Crippen molar-refractivity contribution in [3.05, 3.63) is 33.8 Å². The van der Waals surface area contributed by atoms with Gasteiger partial charge < -0.3 is 15.6 Å². The van der Waals surface area contributed by atoms with Crippen molar-refractivity contribution in [1.29, 1.82) is 0 Å². The van der Waals surface area contributed by atoms with Crippen molar-refractivity contribution >= 4 is 23.2 Å². The Morgan fingerprint density at radius 3 is 2.72 bits per heavy atom. The van der Waals surface area contributed by atoms with E-state index in [1.807, 2.05) is 0 Å². The highest BCUT2D eigenvalue weighted by Crippen LogP contribution is 2.27. The van der Waals surface area contributed by atoms with Crippen LogP contribution in [0.1, 0.15) is 18.4 Å². The number of hydrogen-bond acceptors (Lipinski definition) is 3. The van der Waals surface area contributed by atoms with Gasteiger partial charge in [-0.05, 0) is 43.1 Å². The average Bonchev–Trinajstić information content (AvgIpc) is 2.32. The topological polar surface area (TPSA) is 55.5 Å². The Labute approximate surface area is 118 Å².